The molecule has 1 aromatic rings. The molecule has 0 radical (unpaired) electrons. The Hall–Kier alpha value is -0.390. The van der Waals surface area contributed by atoms with Gasteiger partial charge in [-0.3, -0.25) is 4.79 Å². The lowest BCUT2D eigenvalue weighted by Crippen LogP contribution is -2.38. The lowest BCUT2D eigenvalue weighted by molar-refractivity contribution is -0.133. The summed E-state index contributed by atoms with van der Waals surface area (Å²) in [6.07, 6.45) is -0.0588. The number of amides is 1. The second-order valence-corrected chi connectivity index (χ2v) is 5.14. The molecule has 1 aliphatic rings. The Morgan fingerprint density at radius 2 is 1.93 bits per heavy atom. The minimum absolute atomic E-state index is 0.0553. The molecule has 3 nitrogen and oxygen atoms in total. The largest absolute Gasteiger partial charge is 0.362 e. The third-order valence-corrected chi connectivity index (χ3v) is 3.07. The Morgan fingerprint density at radius 3 is 2.47 bits per heavy atom. The lowest BCUT2D eigenvalue weighted by Gasteiger charge is -2.23. The van der Waals surface area contributed by atoms with Crippen LogP contribution in [0, 0.1) is 0 Å². The SMILES string of the molecule is O=C1CO[C@H](c2cc(Br)cc(Br)c2)CN1. The molecule has 1 heterocycles. The molecule has 5 heteroatoms. The summed E-state index contributed by atoms with van der Waals surface area (Å²) in [4.78, 5) is 10.9. The van der Waals surface area contributed by atoms with Crippen molar-refractivity contribution in [1.29, 1.82) is 0 Å². The summed E-state index contributed by atoms with van der Waals surface area (Å²) in [6, 6.07) is 5.95. The van der Waals surface area contributed by atoms with Gasteiger partial charge in [-0.25, -0.2) is 0 Å². The van der Waals surface area contributed by atoms with Crippen molar-refractivity contribution < 1.29 is 9.53 Å². The van der Waals surface area contributed by atoms with Gasteiger partial charge < -0.3 is 10.1 Å². The first-order valence-corrected chi connectivity index (χ1v) is 6.08. The molecule has 0 unspecified atom stereocenters. The molecule has 0 aliphatic carbocycles. The summed E-state index contributed by atoms with van der Waals surface area (Å²) >= 11 is 6.84. The highest BCUT2D eigenvalue weighted by atomic mass is 79.9. The van der Waals surface area contributed by atoms with Gasteiger partial charge in [0.05, 0.1) is 0 Å². The number of rotatable bonds is 1. The fourth-order valence-corrected chi connectivity index (χ4v) is 2.80. The van der Waals surface area contributed by atoms with Crippen LogP contribution >= 0.6 is 31.9 Å². The van der Waals surface area contributed by atoms with Gasteiger partial charge in [-0.15, -0.1) is 0 Å². The Morgan fingerprint density at radius 1 is 1.27 bits per heavy atom. The van der Waals surface area contributed by atoms with Crippen LogP contribution in [-0.4, -0.2) is 19.1 Å². The van der Waals surface area contributed by atoms with E-state index in [0.29, 0.717) is 6.54 Å². The fourth-order valence-electron chi connectivity index (χ4n) is 1.47. The van der Waals surface area contributed by atoms with Gasteiger partial charge in [-0.05, 0) is 23.8 Å². The first kappa shape index (κ1) is 11.1. The van der Waals surface area contributed by atoms with E-state index in [-0.39, 0.29) is 18.6 Å². The maximum atomic E-state index is 10.9. The topological polar surface area (TPSA) is 38.3 Å². The molecule has 15 heavy (non-hydrogen) atoms. The van der Waals surface area contributed by atoms with E-state index < -0.39 is 0 Å². The molecule has 0 bridgehead atoms. The first-order chi connectivity index (χ1) is 7.15. The minimum Gasteiger partial charge on any atom is -0.362 e. The molecule has 80 valence electrons. The standard InChI is InChI=1S/C10H9Br2NO2/c11-7-1-6(2-8(12)3-7)9-4-13-10(14)5-15-9/h1-3,9H,4-5H2,(H,13,14)/t9-/m0/s1. The van der Waals surface area contributed by atoms with Crippen molar-refractivity contribution in [2.24, 2.45) is 0 Å². The highest BCUT2D eigenvalue weighted by molar-refractivity contribution is 9.11. The number of ether oxygens (including phenoxy) is 1. The van der Waals surface area contributed by atoms with Crippen LogP contribution in [0.3, 0.4) is 0 Å². The van der Waals surface area contributed by atoms with Gasteiger partial charge in [-0.1, -0.05) is 31.9 Å². The Kier molecular flexibility index (Phi) is 3.43. The van der Waals surface area contributed by atoms with E-state index in [1.54, 1.807) is 0 Å². The summed E-state index contributed by atoms with van der Waals surface area (Å²) in [6.45, 7) is 0.663. The highest BCUT2D eigenvalue weighted by Crippen LogP contribution is 2.26. The van der Waals surface area contributed by atoms with Crippen LogP contribution in [0.2, 0.25) is 0 Å². The van der Waals surface area contributed by atoms with Crippen LogP contribution in [-0.2, 0) is 9.53 Å². The van der Waals surface area contributed by atoms with Crippen molar-refractivity contribution in [3.8, 4) is 0 Å². The van der Waals surface area contributed by atoms with Crippen LogP contribution < -0.4 is 5.32 Å². The van der Waals surface area contributed by atoms with Gasteiger partial charge in [-0.2, -0.15) is 0 Å². The van der Waals surface area contributed by atoms with Crippen molar-refractivity contribution in [3.63, 3.8) is 0 Å². The molecule has 0 saturated carbocycles. The van der Waals surface area contributed by atoms with Crippen molar-refractivity contribution >= 4 is 37.8 Å². The van der Waals surface area contributed by atoms with Crippen LogP contribution in [0.5, 0.6) is 0 Å². The lowest BCUT2D eigenvalue weighted by atomic mass is 10.1. The summed E-state index contributed by atoms with van der Waals surface area (Å²) in [5.74, 6) is -0.0553. The van der Waals surface area contributed by atoms with E-state index in [1.807, 2.05) is 18.2 Å². The zero-order chi connectivity index (χ0) is 10.8. The average Bonchev–Trinajstić information content (AvgIpc) is 2.17. The van der Waals surface area contributed by atoms with Crippen LogP contribution in [0.15, 0.2) is 27.1 Å². The maximum Gasteiger partial charge on any atom is 0.246 e. The molecule has 1 N–H and O–H groups in total. The Labute approximate surface area is 104 Å². The molecule has 1 saturated heterocycles. The fraction of sp³-hybridized carbons (Fsp3) is 0.300. The predicted octanol–water partition coefficient (Wildman–Crippen LogP) is 2.40. The third-order valence-electron chi connectivity index (χ3n) is 2.16. The molecule has 1 aromatic carbocycles. The maximum absolute atomic E-state index is 10.9. The molecular weight excluding hydrogens is 326 g/mol. The number of morpholine rings is 1. The number of benzene rings is 1. The number of hydrogen-bond donors (Lipinski definition) is 1. The molecule has 1 fully saturated rings. The summed E-state index contributed by atoms with van der Waals surface area (Å²) in [7, 11) is 0. The molecule has 0 aromatic heterocycles. The molecule has 0 spiro atoms. The van der Waals surface area contributed by atoms with Crippen molar-refractivity contribution in [1.82, 2.24) is 5.32 Å². The monoisotopic (exact) mass is 333 g/mol. The number of carbonyl (C=O) groups excluding carboxylic acids is 1. The molecule has 1 aliphatic heterocycles. The highest BCUT2D eigenvalue weighted by Gasteiger charge is 2.20. The van der Waals surface area contributed by atoms with E-state index >= 15 is 0 Å². The molecular formula is C10H9Br2NO2. The number of halogens is 2. The third kappa shape index (κ3) is 2.80. The second-order valence-electron chi connectivity index (χ2n) is 3.31. The van der Waals surface area contributed by atoms with E-state index in [9.17, 15) is 4.79 Å². The summed E-state index contributed by atoms with van der Waals surface area (Å²) < 4.78 is 7.42. The van der Waals surface area contributed by atoms with E-state index in [0.717, 1.165) is 14.5 Å². The van der Waals surface area contributed by atoms with Gasteiger partial charge >= 0.3 is 0 Å². The van der Waals surface area contributed by atoms with Gasteiger partial charge in [0, 0.05) is 15.5 Å². The normalized spacial score (nSPS) is 21.2. The number of carbonyl (C=O) groups is 1. The van der Waals surface area contributed by atoms with Gasteiger partial charge in [0.25, 0.3) is 0 Å². The summed E-state index contributed by atoms with van der Waals surface area (Å²) in [5, 5.41) is 2.77. The zero-order valence-corrected chi connectivity index (χ0v) is 11.0. The van der Waals surface area contributed by atoms with Crippen molar-refractivity contribution in [2.75, 3.05) is 13.2 Å². The zero-order valence-electron chi connectivity index (χ0n) is 7.80. The Bertz CT molecular complexity index is 365. The van der Waals surface area contributed by atoms with Crippen LogP contribution in [0.25, 0.3) is 0 Å². The van der Waals surface area contributed by atoms with E-state index in [4.69, 9.17) is 4.74 Å². The number of hydrogen-bond acceptors (Lipinski definition) is 2. The Balaban J connectivity index is 2.18. The number of nitrogens with one attached hydrogen (secondary N) is 1. The predicted molar refractivity (Wildman–Crippen MR) is 63.5 cm³/mol. The van der Waals surface area contributed by atoms with E-state index in [1.165, 1.54) is 0 Å². The van der Waals surface area contributed by atoms with Gasteiger partial charge in [0.1, 0.15) is 12.7 Å². The molecule has 2 rings (SSSR count). The smallest absolute Gasteiger partial charge is 0.246 e. The first-order valence-electron chi connectivity index (χ1n) is 4.49. The average molecular weight is 335 g/mol. The van der Waals surface area contributed by atoms with Crippen molar-refractivity contribution in [2.45, 2.75) is 6.10 Å². The van der Waals surface area contributed by atoms with Crippen LogP contribution in [0.1, 0.15) is 11.7 Å². The quantitative estimate of drug-likeness (QED) is 0.856. The van der Waals surface area contributed by atoms with E-state index in [2.05, 4.69) is 37.2 Å². The van der Waals surface area contributed by atoms with Gasteiger partial charge in [0.15, 0.2) is 0 Å². The summed E-state index contributed by atoms with van der Waals surface area (Å²) in [5.41, 5.74) is 1.05. The molecule has 1 amide bonds. The van der Waals surface area contributed by atoms with Gasteiger partial charge in [0.2, 0.25) is 5.91 Å². The second kappa shape index (κ2) is 4.63. The minimum atomic E-state index is -0.0588. The molecule has 1 atom stereocenters. The van der Waals surface area contributed by atoms with Crippen LogP contribution in [0.4, 0.5) is 0 Å². The van der Waals surface area contributed by atoms with Crippen molar-refractivity contribution in [3.05, 3.63) is 32.7 Å².